The average Bonchev–Trinajstić information content (AvgIpc) is 2.34. The van der Waals surface area contributed by atoms with Crippen LogP contribution in [-0.2, 0) is 12.4 Å². The van der Waals surface area contributed by atoms with Crippen molar-refractivity contribution >= 4 is 34.8 Å². The van der Waals surface area contributed by atoms with Gasteiger partial charge in [0.2, 0.25) is 0 Å². The van der Waals surface area contributed by atoms with Crippen LogP contribution in [0.5, 0.6) is 0 Å². The first-order valence-electron chi connectivity index (χ1n) is 5.71. The number of hydrogen-bond donors (Lipinski definition) is 0. The van der Waals surface area contributed by atoms with Gasteiger partial charge in [-0.25, -0.2) is 4.98 Å². The van der Waals surface area contributed by atoms with Gasteiger partial charge in [0, 0.05) is 10.6 Å². The second-order valence-electron chi connectivity index (χ2n) is 4.33. The summed E-state index contributed by atoms with van der Waals surface area (Å²) in [5, 5.41) is -0.677. The molecule has 10 heteroatoms. The Kier molecular flexibility index (Phi) is 4.76. The Morgan fingerprint density at radius 2 is 1.30 bits per heavy atom. The van der Waals surface area contributed by atoms with Crippen LogP contribution in [0.3, 0.4) is 0 Å². The quantitative estimate of drug-likeness (QED) is 0.488. The van der Waals surface area contributed by atoms with E-state index in [9.17, 15) is 26.3 Å². The number of pyridine rings is 1. The molecule has 0 spiro atoms. The van der Waals surface area contributed by atoms with Crippen LogP contribution in [0.15, 0.2) is 24.3 Å². The molecule has 0 saturated heterocycles. The van der Waals surface area contributed by atoms with Crippen molar-refractivity contribution in [1.82, 2.24) is 4.98 Å². The van der Waals surface area contributed by atoms with E-state index in [1.165, 1.54) is 0 Å². The number of benzene rings is 1. The lowest BCUT2D eigenvalue weighted by atomic mass is 10.0. The number of rotatable bonds is 1. The van der Waals surface area contributed by atoms with Crippen LogP contribution >= 0.6 is 34.8 Å². The summed E-state index contributed by atoms with van der Waals surface area (Å²) in [6.07, 6.45) is -9.87. The fourth-order valence-corrected chi connectivity index (χ4v) is 2.80. The molecule has 0 bridgehead atoms. The van der Waals surface area contributed by atoms with Crippen LogP contribution in [0, 0.1) is 0 Å². The van der Waals surface area contributed by atoms with Gasteiger partial charge >= 0.3 is 12.4 Å². The van der Waals surface area contributed by atoms with E-state index in [0.717, 1.165) is 12.1 Å². The Labute approximate surface area is 140 Å². The van der Waals surface area contributed by atoms with Crippen molar-refractivity contribution in [2.24, 2.45) is 0 Å². The SMILES string of the molecule is FC(F)(F)c1ccc(C(F)(F)F)c(-c2c(Cl)cc(Cl)cc2Cl)n1. The lowest BCUT2D eigenvalue weighted by Crippen LogP contribution is -2.14. The van der Waals surface area contributed by atoms with Crippen molar-refractivity contribution < 1.29 is 26.3 Å². The van der Waals surface area contributed by atoms with Gasteiger partial charge in [-0.05, 0) is 24.3 Å². The third kappa shape index (κ3) is 3.84. The average molecular weight is 395 g/mol. The van der Waals surface area contributed by atoms with Crippen molar-refractivity contribution in [3.05, 3.63) is 50.6 Å². The number of nitrogens with zero attached hydrogens (tertiary/aromatic N) is 1. The zero-order chi connectivity index (χ0) is 17.6. The first-order valence-corrected chi connectivity index (χ1v) is 6.85. The lowest BCUT2D eigenvalue weighted by Gasteiger charge is -2.16. The fraction of sp³-hybridized carbons (Fsp3) is 0.154. The molecule has 1 aromatic heterocycles. The van der Waals surface area contributed by atoms with Crippen molar-refractivity contribution in [1.29, 1.82) is 0 Å². The molecule has 0 amide bonds. The summed E-state index contributed by atoms with van der Waals surface area (Å²) in [5.74, 6) is 0. The maximum absolute atomic E-state index is 13.1. The minimum atomic E-state index is -4.95. The number of halogens is 9. The minimum Gasteiger partial charge on any atom is -0.243 e. The van der Waals surface area contributed by atoms with E-state index >= 15 is 0 Å². The normalized spacial score (nSPS) is 12.6. The summed E-state index contributed by atoms with van der Waals surface area (Å²) in [6.45, 7) is 0. The Hall–Kier alpha value is -1.18. The Balaban J connectivity index is 2.83. The van der Waals surface area contributed by atoms with Gasteiger partial charge in [0.15, 0.2) is 0 Å². The Morgan fingerprint density at radius 1 is 0.783 bits per heavy atom. The highest BCUT2D eigenvalue weighted by molar-refractivity contribution is 6.41. The molecule has 0 aliphatic carbocycles. The minimum absolute atomic E-state index is 0.0179. The molecular weight excluding hydrogens is 390 g/mol. The molecule has 1 aromatic carbocycles. The van der Waals surface area contributed by atoms with Crippen molar-refractivity contribution in [2.45, 2.75) is 12.4 Å². The van der Waals surface area contributed by atoms with Crippen LogP contribution in [0.1, 0.15) is 11.3 Å². The highest BCUT2D eigenvalue weighted by atomic mass is 35.5. The molecule has 124 valence electrons. The van der Waals surface area contributed by atoms with E-state index in [1.807, 2.05) is 0 Å². The molecule has 1 nitrogen and oxygen atoms in total. The monoisotopic (exact) mass is 393 g/mol. The Morgan fingerprint density at radius 3 is 1.74 bits per heavy atom. The van der Waals surface area contributed by atoms with Crippen LogP contribution in [0.25, 0.3) is 11.3 Å². The molecule has 2 rings (SSSR count). The molecular formula is C13H4Cl3F6N. The van der Waals surface area contributed by atoms with E-state index in [4.69, 9.17) is 34.8 Å². The number of alkyl halides is 6. The summed E-state index contributed by atoms with van der Waals surface area (Å²) in [6, 6.07) is 2.65. The molecule has 0 atom stereocenters. The summed E-state index contributed by atoms with van der Waals surface area (Å²) in [7, 11) is 0. The molecule has 0 saturated carbocycles. The maximum Gasteiger partial charge on any atom is 0.433 e. The molecule has 1 heterocycles. The molecule has 0 radical (unpaired) electrons. The summed E-state index contributed by atoms with van der Waals surface area (Å²) < 4.78 is 77.5. The smallest absolute Gasteiger partial charge is 0.243 e. The summed E-state index contributed by atoms with van der Waals surface area (Å²) in [4.78, 5) is 3.08. The van der Waals surface area contributed by atoms with Gasteiger partial charge in [0.1, 0.15) is 5.69 Å². The van der Waals surface area contributed by atoms with E-state index in [-0.39, 0.29) is 27.2 Å². The van der Waals surface area contributed by atoms with Gasteiger partial charge in [-0.3, -0.25) is 0 Å². The van der Waals surface area contributed by atoms with Crippen LogP contribution in [-0.4, -0.2) is 4.98 Å². The largest absolute Gasteiger partial charge is 0.433 e. The zero-order valence-corrected chi connectivity index (χ0v) is 12.9. The molecule has 0 unspecified atom stereocenters. The molecule has 0 aliphatic heterocycles. The van der Waals surface area contributed by atoms with Crippen LogP contribution in [0.2, 0.25) is 15.1 Å². The first-order chi connectivity index (χ1) is 10.4. The highest BCUT2D eigenvalue weighted by Gasteiger charge is 2.39. The summed E-state index contributed by atoms with van der Waals surface area (Å²) in [5.41, 5.74) is -4.38. The maximum atomic E-state index is 13.1. The molecule has 2 aromatic rings. The third-order valence-electron chi connectivity index (χ3n) is 2.73. The second-order valence-corrected chi connectivity index (χ2v) is 5.58. The van der Waals surface area contributed by atoms with Gasteiger partial charge in [-0.2, -0.15) is 26.3 Å². The fourth-order valence-electron chi connectivity index (χ4n) is 1.80. The second kappa shape index (κ2) is 6.03. The van der Waals surface area contributed by atoms with Gasteiger partial charge in [-0.1, -0.05) is 34.8 Å². The third-order valence-corrected chi connectivity index (χ3v) is 3.55. The highest BCUT2D eigenvalue weighted by Crippen LogP contribution is 2.43. The van der Waals surface area contributed by atoms with Crippen molar-refractivity contribution in [2.75, 3.05) is 0 Å². The van der Waals surface area contributed by atoms with Gasteiger partial charge in [0.05, 0.1) is 21.3 Å². The molecule has 0 aliphatic rings. The summed E-state index contributed by atoms with van der Waals surface area (Å²) >= 11 is 17.3. The van der Waals surface area contributed by atoms with E-state index in [1.54, 1.807) is 0 Å². The van der Waals surface area contributed by atoms with Gasteiger partial charge in [0.25, 0.3) is 0 Å². The molecule has 0 N–H and O–H groups in total. The predicted molar refractivity (Wildman–Crippen MR) is 74.7 cm³/mol. The van der Waals surface area contributed by atoms with Crippen molar-refractivity contribution in [3.8, 4) is 11.3 Å². The van der Waals surface area contributed by atoms with E-state index in [2.05, 4.69) is 4.98 Å². The van der Waals surface area contributed by atoms with E-state index in [0.29, 0.717) is 0 Å². The number of hydrogen-bond acceptors (Lipinski definition) is 1. The van der Waals surface area contributed by atoms with Crippen molar-refractivity contribution in [3.63, 3.8) is 0 Å². The van der Waals surface area contributed by atoms with Crippen LogP contribution < -0.4 is 0 Å². The topological polar surface area (TPSA) is 12.9 Å². The van der Waals surface area contributed by atoms with Crippen LogP contribution in [0.4, 0.5) is 26.3 Å². The van der Waals surface area contributed by atoms with Gasteiger partial charge in [-0.15, -0.1) is 0 Å². The molecule has 0 fully saturated rings. The molecule has 23 heavy (non-hydrogen) atoms. The predicted octanol–water partition coefficient (Wildman–Crippen LogP) is 6.75. The Bertz CT molecular complexity index is 731. The number of aromatic nitrogens is 1. The van der Waals surface area contributed by atoms with E-state index < -0.39 is 34.9 Å². The standard InChI is InChI=1S/C13H4Cl3F6N/c14-5-3-7(15)10(8(16)4-5)11-6(12(17,18)19)1-2-9(23-11)13(20,21)22/h1-4H. The zero-order valence-electron chi connectivity index (χ0n) is 10.7. The lowest BCUT2D eigenvalue weighted by molar-refractivity contribution is -0.144. The first kappa shape index (κ1) is 18.2. The van der Waals surface area contributed by atoms with Gasteiger partial charge < -0.3 is 0 Å².